The predicted molar refractivity (Wildman–Crippen MR) is 66.4 cm³/mol. The van der Waals surface area contributed by atoms with Crippen LogP contribution in [-0.2, 0) is 4.79 Å². The standard InChI is InChI=1S/C10H11N5O3S/c16-6-3-7(8(17)18)15(4-6)10-12-9(13-19-10)14-2-1-11-5-14/h1-2,5-7,16H,3-4H2,(H,17,18)/t6-,7+/m0/s1. The van der Waals surface area contributed by atoms with Crippen molar-refractivity contribution in [1.82, 2.24) is 18.9 Å². The van der Waals surface area contributed by atoms with Crippen molar-refractivity contribution >= 4 is 22.6 Å². The molecule has 3 heterocycles. The lowest BCUT2D eigenvalue weighted by molar-refractivity contribution is -0.138. The average Bonchev–Trinajstić information content (AvgIpc) is 3.07. The molecule has 19 heavy (non-hydrogen) atoms. The van der Waals surface area contributed by atoms with Gasteiger partial charge in [0.25, 0.3) is 0 Å². The highest BCUT2D eigenvalue weighted by atomic mass is 32.1. The molecule has 2 N–H and O–H groups in total. The molecule has 0 radical (unpaired) electrons. The van der Waals surface area contributed by atoms with E-state index in [9.17, 15) is 9.90 Å². The van der Waals surface area contributed by atoms with Crippen molar-refractivity contribution in [3.05, 3.63) is 18.7 Å². The number of rotatable bonds is 3. The zero-order valence-corrected chi connectivity index (χ0v) is 10.6. The summed E-state index contributed by atoms with van der Waals surface area (Å²) >= 11 is 1.11. The Morgan fingerprint density at radius 1 is 1.53 bits per heavy atom. The van der Waals surface area contributed by atoms with E-state index in [1.54, 1.807) is 28.2 Å². The number of anilines is 1. The van der Waals surface area contributed by atoms with Gasteiger partial charge < -0.3 is 15.1 Å². The number of β-amino-alcohol motifs (C(OH)–C–C–N with tert-alkyl or cyclic N) is 1. The second-order valence-electron chi connectivity index (χ2n) is 4.24. The smallest absolute Gasteiger partial charge is 0.326 e. The lowest BCUT2D eigenvalue weighted by atomic mass is 10.2. The number of hydrogen-bond donors (Lipinski definition) is 2. The molecule has 100 valence electrons. The zero-order valence-electron chi connectivity index (χ0n) is 9.75. The fraction of sp³-hybridized carbons (Fsp3) is 0.400. The average molecular weight is 281 g/mol. The highest BCUT2D eigenvalue weighted by Crippen LogP contribution is 2.28. The summed E-state index contributed by atoms with van der Waals surface area (Å²) in [6.07, 6.45) is 4.44. The van der Waals surface area contributed by atoms with E-state index < -0.39 is 18.1 Å². The largest absolute Gasteiger partial charge is 0.480 e. The van der Waals surface area contributed by atoms with Gasteiger partial charge in [0.1, 0.15) is 12.4 Å². The minimum absolute atomic E-state index is 0.204. The molecule has 2 atom stereocenters. The van der Waals surface area contributed by atoms with Crippen molar-refractivity contribution in [2.24, 2.45) is 0 Å². The summed E-state index contributed by atoms with van der Waals surface area (Å²) in [6, 6.07) is -0.751. The highest BCUT2D eigenvalue weighted by Gasteiger charge is 2.37. The Morgan fingerprint density at radius 3 is 3.05 bits per heavy atom. The molecule has 0 amide bonds. The summed E-state index contributed by atoms with van der Waals surface area (Å²) in [5, 5.41) is 19.2. The molecule has 1 aliphatic heterocycles. The van der Waals surface area contributed by atoms with Crippen LogP contribution < -0.4 is 4.90 Å². The van der Waals surface area contributed by atoms with Gasteiger partial charge in [-0.15, -0.1) is 0 Å². The maximum absolute atomic E-state index is 11.2. The van der Waals surface area contributed by atoms with E-state index in [2.05, 4.69) is 14.3 Å². The number of aliphatic hydroxyl groups is 1. The van der Waals surface area contributed by atoms with Crippen molar-refractivity contribution < 1.29 is 15.0 Å². The summed E-state index contributed by atoms with van der Waals surface area (Å²) in [5.74, 6) is -0.515. The Kier molecular flexibility index (Phi) is 2.91. The summed E-state index contributed by atoms with van der Waals surface area (Å²) in [5.41, 5.74) is 0. The Bertz CT molecular complexity index is 584. The molecule has 2 aromatic heterocycles. The molecule has 0 aromatic carbocycles. The number of aliphatic carboxylic acids is 1. The van der Waals surface area contributed by atoms with Gasteiger partial charge in [0.15, 0.2) is 0 Å². The second kappa shape index (κ2) is 4.59. The van der Waals surface area contributed by atoms with Gasteiger partial charge in [-0.25, -0.2) is 9.78 Å². The van der Waals surface area contributed by atoms with Gasteiger partial charge in [-0.2, -0.15) is 9.36 Å². The third-order valence-corrected chi connectivity index (χ3v) is 3.69. The first-order valence-electron chi connectivity index (χ1n) is 5.64. The summed E-state index contributed by atoms with van der Waals surface area (Å²) in [4.78, 5) is 20.9. The van der Waals surface area contributed by atoms with Crippen LogP contribution in [0.25, 0.3) is 5.95 Å². The first-order valence-corrected chi connectivity index (χ1v) is 6.42. The van der Waals surface area contributed by atoms with Gasteiger partial charge in [0, 0.05) is 36.9 Å². The molecule has 1 fully saturated rings. The van der Waals surface area contributed by atoms with Crippen molar-refractivity contribution in [2.75, 3.05) is 11.4 Å². The SMILES string of the molecule is O=C(O)[C@H]1C[C@H](O)CN1c1nc(-n2ccnc2)ns1. The quantitative estimate of drug-likeness (QED) is 0.799. The van der Waals surface area contributed by atoms with Crippen LogP contribution in [0, 0.1) is 0 Å². The molecule has 0 unspecified atom stereocenters. The number of aliphatic hydroxyl groups excluding tert-OH is 1. The number of hydrogen-bond acceptors (Lipinski definition) is 7. The highest BCUT2D eigenvalue weighted by molar-refractivity contribution is 7.09. The molecule has 0 bridgehead atoms. The molecule has 0 aliphatic carbocycles. The summed E-state index contributed by atoms with van der Waals surface area (Å²) in [6.45, 7) is 0.259. The number of carbonyl (C=O) groups is 1. The first-order chi connectivity index (χ1) is 9.15. The molecule has 0 saturated carbocycles. The van der Waals surface area contributed by atoms with Gasteiger partial charge in [0.05, 0.1) is 6.10 Å². The van der Waals surface area contributed by atoms with E-state index in [0.29, 0.717) is 11.1 Å². The normalized spacial score (nSPS) is 22.9. The fourth-order valence-corrected chi connectivity index (χ4v) is 2.79. The van der Waals surface area contributed by atoms with Crippen LogP contribution in [0.1, 0.15) is 6.42 Å². The van der Waals surface area contributed by atoms with Crippen LogP contribution in [0.15, 0.2) is 18.7 Å². The third-order valence-electron chi connectivity index (χ3n) is 2.95. The summed E-state index contributed by atoms with van der Waals surface area (Å²) < 4.78 is 5.80. The lowest BCUT2D eigenvalue weighted by Gasteiger charge is -2.18. The van der Waals surface area contributed by atoms with Crippen molar-refractivity contribution in [1.29, 1.82) is 0 Å². The number of aromatic nitrogens is 4. The monoisotopic (exact) mass is 281 g/mol. The van der Waals surface area contributed by atoms with Gasteiger partial charge in [-0.3, -0.25) is 4.57 Å². The van der Waals surface area contributed by atoms with Crippen LogP contribution in [0.3, 0.4) is 0 Å². The van der Waals surface area contributed by atoms with Crippen LogP contribution in [0.4, 0.5) is 5.13 Å². The summed E-state index contributed by atoms with van der Waals surface area (Å²) in [7, 11) is 0. The van der Waals surface area contributed by atoms with Gasteiger partial charge in [-0.05, 0) is 0 Å². The van der Waals surface area contributed by atoms with Crippen molar-refractivity contribution in [3.63, 3.8) is 0 Å². The first kappa shape index (κ1) is 12.1. The number of nitrogens with zero attached hydrogens (tertiary/aromatic N) is 5. The maximum Gasteiger partial charge on any atom is 0.326 e. The van der Waals surface area contributed by atoms with Gasteiger partial charge in [0.2, 0.25) is 11.1 Å². The Balaban J connectivity index is 1.88. The second-order valence-corrected chi connectivity index (χ2v) is 4.97. The van der Waals surface area contributed by atoms with E-state index >= 15 is 0 Å². The Morgan fingerprint density at radius 2 is 2.37 bits per heavy atom. The molecule has 3 rings (SSSR count). The van der Waals surface area contributed by atoms with Gasteiger partial charge >= 0.3 is 5.97 Å². The van der Waals surface area contributed by atoms with E-state index in [0.717, 1.165) is 11.5 Å². The molecule has 2 aromatic rings. The topological polar surface area (TPSA) is 104 Å². The van der Waals surface area contributed by atoms with Crippen LogP contribution in [0.5, 0.6) is 0 Å². The molecule has 9 heteroatoms. The minimum atomic E-state index is -0.962. The van der Waals surface area contributed by atoms with Crippen LogP contribution >= 0.6 is 11.5 Å². The van der Waals surface area contributed by atoms with E-state index in [4.69, 9.17) is 5.11 Å². The van der Waals surface area contributed by atoms with Crippen molar-refractivity contribution in [3.8, 4) is 5.95 Å². The number of carboxylic acid groups (broad SMARTS) is 1. The molecule has 8 nitrogen and oxygen atoms in total. The van der Waals surface area contributed by atoms with E-state index in [1.165, 1.54) is 0 Å². The maximum atomic E-state index is 11.2. The van der Waals surface area contributed by atoms with E-state index in [1.807, 2.05) is 0 Å². The van der Waals surface area contributed by atoms with Crippen LogP contribution in [0.2, 0.25) is 0 Å². The zero-order chi connectivity index (χ0) is 13.4. The fourth-order valence-electron chi connectivity index (χ4n) is 2.07. The molecule has 1 aliphatic rings. The lowest BCUT2D eigenvalue weighted by Crippen LogP contribution is -2.35. The van der Waals surface area contributed by atoms with Crippen LogP contribution in [-0.4, -0.2) is 53.8 Å². The Hall–Kier alpha value is -2.00. The Labute approximate surface area is 112 Å². The van der Waals surface area contributed by atoms with Crippen molar-refractivity contribution in [2.45, 2.75) is 18.6 Å². The predicted octanol–water partition coefficient (Wildman–Crippen LogP) is -0.252. The molecular formula is C10H11N5O3S. The van der Waals surface area contributed by atoms with Gasteiger partial charge in [-0.1, -0.05) is 0 Å². The number of imidazole rings is 1. The molecule has 0 spiro atoms. The van der Waals surface area contributed by atoms with E-state index in [-0.39, 0.29) is 13.0 Å². The number of carboxylic acids is 1. The minimum Gasteiger partial charge on any atom is -0.480 e. The molecular weight excluding hydrogens is 270 g/mol. The third kappa shape index (κ3) is 2.17. The molecule has 1 saturated heterocycles.